The van der Waals surface area contributed by atoms with Gasteiger partial charge < -0.3 is 5.32 Å². The second kappa shape index (κ2) is 9.48. The third kappa shape index (κ3) is 5.64. The van der Waals surface area contributed by atoms with E-state index >= 15 is 0 Å². The van der Waals surface area contributed by atoms with Gasteiger partial charge >= 0.3 is 0 Å². The van der Waals surface area contributed by atoms with E-state index in [-0.39, 0.29) is 17.4 Å². The van der Waals surface area contributed by atoms with Crippen molar-refractivity contribution in [3.8, 4) is 0 Å². The summed E-state index contributed by atoms with van der Waals surface area (Å²) in [7, 11) is 1.84. The molecule has 0 saturated heterocycles. The fourth-order valence-corrected chi connectivity index (χ4v) is 4.17. The highest BCUT2D eigenvalue weighted by Crippen LogP contribution is 2.18. The van der Waals surface area contributed by atoms with Gasteiger partial charge in [0.25, 0.3) is 0 Å². The molecule has 3 aromatic rings. The second-order valence-electron chi connectivity index (χ2n) is 6.05. The van der Waals surface area contributed by atoms with Gasteiger partial charge in [0, 0.05) is 18.3 Å². The van der Waals surface area contributed by atoms with Gasteiger partial charge in [0.05, 0.1) is 12.3 Å². The molecule has 0 unspecified atom stereocenters. The molecule has 1 amide bonds. The SMILES string of the molecule is CC(=O)c1cccc(NC(=O)CSc2nn(C)c(=NCc3ccccc3)s2)c1. The number of benzene rings is 2. The Bertz CT molecular complexity index is 1040. The fourth-order valence-electron chi connectivity index (χ4n) is 2.41. The fraction of sp³-hybridized carbons (Fsp3) is 0.200. The number of Topliss-reactive ketones (excluding diaryl/α,β-unsaturated/α-hetero) is 1. The van der Waals surface area contributed by atoms with Crippen LogP contribution in [0.25, 0.3) is 0 Å². The normalized spacial score (nSPS) is 11.4. The molecule has 3 rings (SSSR count). The molecule has 0 aliphatic heterocycles. The van der Waals surface area contributed by atoms with Crippen molar-refractivity contribution in [2.45, 2.75) is 17.8 Å². The maximum Gasteiger partial charge on any atom is 0.234 e. The lowest BCUT2D eigenvalue weighted by Crippen LogP contribution is -2.14. The van der Waals surface area contributed by atoms with Crippen LogP contribution in [0.1, 0.15) is 22.8 Å². The van der Waals surface area contributed by atoms with Crippen LogP contribution < -0.4 is 10.1 Å². The van der Waals surface area contributed by atoms with Crippen LogP contribution in [-0.4, -0.2) is 27.2 Å². The summed E-state index contributed by atoms with van der Waals surface area (Å²) in [6.45, 7) is 2.09. The van der Waals surface area contributed by atoms with Crippen LogP contribution in [0.5, 0.6) is 0 Å². The van der Waals surface area contributed by atoms with Gasteiger partial charge in [0.15, 0.2) is 10.1 Å². The first-order chi connectivity index (χ1) is 13.5. The number of rotatable bonds is 7. The molecule has 0 aliphatic rings. The minimum Gasteiger partial charge on any atom is -0.325 e. The highest BCUT2D eigenvalue weighted by molar-refractivity contribution is 8.01. The van der Waals surface area contributed by atoms with E-state index in [0.717, 1.165) is 14.7 Å². The Labute approximate surface area is 171 Å². The molecule has 6 nitrogen and oxygen atoms in total. The Kier molecular flexibility index (Phi) is 6.78. The molecule has 1 heterocycles. The number of hydrogen-bond acceptors (Lipinski definition) is 6. The van der Waals surface area contributed by atoms with E-state index in [9.17, 15) is 9.59 Å². The number of thioether (sulfide) groups is 1. The Balaban J connectivity index is 1.58. The van der Waals surface area contributed by atoms with Crippen molar-refractivity contribution >= 4 is 40.5 Å². The molecule has 0 fully saturated rings. The van der Waals surface area contributed by atoms with Crippen molar-refractivity contribution in [1.82, 2.24) is 9.78 Å². The number of carbonyl (C=O) groups is 2. The third-order valence-corrected chi connectivity index (χ3v) is 5.98. The Morgan fingerprint density at radius 3 is 2.71 bits per heavy atom. The van der Waals surface area contributed by atoms with E-state index < -0.39 is 0 Å². The van der Waals surface area contributed by atoms with Crippen molar-refractivity contribution in [1.29, 1.82) is 0 Å². The number of amides is 1. The van der Waals surface area contributed by atoms with E-state index in [1.165, 1.54) is 30.0 Å². The van der Waals surface area contributed by atoms with Gasteiger partial charge in [-0.05, 0) is 24.6 Å². The predicted octanol–water partition coefficient (Wildman–Crippen LogP) is 3.52. The number of anilines is 1. The number of aromatic nitrogens is 2. The number of carbonyl (C=O) groups excluding carboxylic acids is 2. The number of hydrogen-bond donors (Lipinski definition) is 1. The lowest BCUT2D eigenvalue weighted by Gasteiger charge is -2.05. The zero-order valence-corrected chi connectivity index (χ0v) is 17.2. The third-order valence-electron chi connectivity index (χ3n) is 3.81. The van der Waals surface area contributed by atoms with Gasteiger partial charge in [-0.15, -0.1) is 0 Å². The number of nitrogens with zero attached hydrogens (tertiary/aromatic N) is 3. The lowest BCUT2D eigenvalue weighted by molar-refractivity contribution is -0.113. The van der Waals surface area contributed by atoms with Crippen molar-refractivity contribution in [3.63, 3.8) is 0 Å². The van der Waals surface area contributed by atoms with Crippen LogP contribution in [0, 0.1) is 0 Å². The first-order valence-corrected chi connectivity index (χ1v) is 10.4. The molecule has 1 N–H and O–H groups in total. The van der Waals surface area contributed by atoms with E-state index in [1.54, 1.807) is 28.9 Å². The average molecular weight is 413 g/mol. The van der Waals surface area contributed by atoms with Gasteiger partial charge in [-0.2, -0.15) is 5.10 Å². The minimum atomic E-state index is -0.147. The molecule has 0 radical (unpaired) electrons. The van der Waals surface area contributed by atoms with Crippen LogP contribution in [0.15, 0.2) is 63.9 Å². The molecule has 28 heavy (non-hydrogen) atoms. The Morgan fingerprint density at radius 1 is 1.18 bits per heavy atom. The average Bonchev–Trinajstić information content (AvgIpc) is 3.05. The molecule has 0 atom stereocenters. The van der Waals surface area contributed by atoms with Gasteiger partial charge in [-0.25, -0.2) is 4.68 Å². The van der Waals surface area contributed by atoms with Gasteiger partial charge in [0.2, 0.25) is 10.7 Å². The first-order valence-electron chi connectivity index (χ1n) is 8.63. The predicted molar refractivity (Wildman–Crippen MR) is 113 cm³/mol. The zero-order chi connectivity index (χ0) is 19.9. The molecule has 144 valence electrons. The molecule has 2 aromatic carbocycles. The summed E-state index contributed by atoms with van der Waals surface area (Å²) in [6, 6.07) is 16.9. The summed E-state index contributed by atoms with van der Waals surface area (Å²) < 4.78 is 2.51. The monoisotopic (exact) mass is 412 g/mol. The number of aryl methyl sites for hydroxylation is 1. The summed E-state index contributed by atoms with van der Waals surface area (Å²) >= 11 is 2.82. The van der Waals surface area contributed by atoms with Crippen molar-refractivity contribution in [2.75, 3.05) is 11.1 Å². The van der Waals surface area contributed by atoms with E-state index in [0.29, 0.717) is 17.8 Å². The minimum absolute atomic E-state index is 0.0347. The number of ketones is 1. The van der Waals surface area contributed by atoms with Crippen LogP contribution in [0.3, 0.4) is 0 Å². The molecule has 1 aromatic heterocycles. The maximum atomic E-state index is 12.2. The summed E-state index contributed by atoms with van der Waals surface area (Å²) in [4.78, 5) is 29.0. The molecule has 0 spiro atoms. The smallest absolute Gasteiger partial charge is 0.234 e. The molecule has 0 aliphatic carbocycles. The van der Waals surface area contributed by atoms with Gasteiger partial charge in [-0.3, -0.25) is 14.6 Å². The Hall–Kier alpha value is -2.71. The van der Waals surface area contributed by atoms with Gasteiger partial charge in [-0.1, -0.05) is 65.6 Å². The van der Waals surface area contributed by atoms with Crippen LogP contribution in [0.4, 0.5) is 5.69 Å². The van der Waals surface area contributed by atoms with E-state index in [1.807, 2.05) is 37.4 Å². The van der Waals surface area contributed by atoms with Crippen LogP contribution in [-0.2, 0) is 18.4 Å². The second-order valence-corrected chi connectivity index (χ2v) is 8.23. The molecule has 0 bridgehead atoms. The molecular formula is C20H20N4O2S2. The lowest BCUT2D eigenvalue weighted by atomic mass is 10.1. The Morgan fingerprint density at radius 2 is 1.96 bits per heavy atom. The van der Waals surface area contributed by atoms with Crippen molar-refractivity contribution < 1.29 is 9.59 Å². The van der Waals surface area contributed by atoms with Crippen molar-refractivity contribution in [2.24, 2.45) is 12.0 Å². The highest BCUT2D eigenvalue weighted by atomic mass is 32.2. The summed E-state index contributed by atoms with van der Waals surface area (Å²) in [5.41, 5.74) is 2.32. The van der Waals surface area contributed by atoms with Crippen LogP contribution >= 0.6 is 23.1 Å². The van der Waals surface area contributed by atoms with E-state index in [2.05, 4.69) is 15.4 Å². The molecular weight excluding hydrogens is 392 g/mol. The zero-order valence-electron chi connectivity index (χ0n) is 15.6. The summed E-state index contributed by atoms with van der Waals surface area (Å²) in [5, 5.41) is 7.23. The van der Waals surface area contributed by atoms with Gasteiger partial charge in [0.1, 0.15) is 0 Å². The first kappa shape index (κ1) is 20.0. The van der Waals surface area contributed by atoms with Crippen LogP contribution in [0.2, 0.25) is 0 Å². The maximum absolute atomic E-state index is 12.2. The molecule has 0 saturated carbocycles. The summed E-state index contributed by atoms with van der Waals surface area (Å²) in [5.74, 6) is 0.0505. The largest absolute Gasteiger partial charge is 0.325 e. The summed E-state index contributed by atoms with van der Waals surface area (Å²) in [6.07, 6.45) is 0. The quantitative estimate of drug-likeness (QED) is 0.476. The topological polar surface area (TPSA) is 76.3 Å². The standard InChI is InChI=1S/C20H20N4O2S2/c1-14(25)16-9-6-10-17(11-16)22-18(26)13-27-20-23-24(2)19(28-20)21-12-15-7-4-3-5-8-15/h3-11H,12-13H2,1-2H3,(H,22,26). The number of nitrogens with one attached hydrogen (secondary N) is 1. The highest BCUT2D eigenvalue weighted by Gasteiger charge is 2.09. The molecule has 8 heteroatoms. The van der Waals surface area contributed by atoms with E-state index in [4.69, 9.17) is 0 Å². The van der Waals surface area contributed by atoms with Crippen molar-refractivity contribution in [3.05, 3.63) is 70.5 Å².